The van der Waals surface area contributed by atoms with Crippen molar-refractivity contribution >= 4 is 16.9 Å². The molecule has 5 heterocycles. The van der Waals surface area contributed by atoms with E-state index in [-0.39, 0.29) is 17.4 Å². The van der Waals surface area contributed by atoms with Gasteiger partial charge in [-0.1, -0.05) is 19.9 Å². The van der Waals surface area contributed by atoms with Gasteiger partial charge in [-0.25, -0.2) is 4.98 Å². The standard InChI is InChI=1S/C25H32N6O2/c1-15(2)20-11-19(23-16(3)28-29(4)24(23)27-20)25(33)26-8-9-30-12-17-10-18(14-30)21-6-5-7-22(32)31(21)13-17/h5-7,11,15,17-18H,8-10,12-14H2,1-4H3,(H,26,33). The van der Waals surface area contributed by atoms with E-state index in [0.29, 0.717) is 23.9 Å². The van der Waals surface area contributed by atoms with E-state index in [4.69, 9.17) is 4.98 Å². The lowest BCUT2D eigenvalue weighted by atomic mass is 9.83. The largest absolute Gasteiger partial charge is 0.351 e. The lowest BCUT2D eigenvalue weighted by molar-refractivity contribution is 0.0929. The second-order valence-electron chi connectivity index (χ2n) is 9.87. The zero-order valence-corrected chi connectivity index (χ0v) is 19.8. The third kappa shape index (κ3) is 3.97. The van der Waals surface area contributed by atoms with E-state index in [1.54, 1.807) is 10.7 Å². The van der Waals surface area contributed by atoms with Crippen molar-refractivity contribution in [1.82, 2.24) is 29.5 Å². The molecule has 1 fully saturated rings. The van der Waals surface area contributed by atoms with Crippen molar-refractivity contribution in [2.24, 2.45) is 13.0 Å². The predicted molar refractivity (Wildman–Crippen MR) is 128 cm³/mol. The highest BCUT2D eigenvalue weighted by molar-refractivity contribution is 6.06. The smallest absolute Gasteiger partial charge is 0.252 e. The first-order chi connectivity index (χ1) is 15.8. The highest BCUT2D eigenvalue weighted by Gasteiger charge is 2.34. The van der Waals surface area contributed by atoms with Gasteiger partial charge in [-0.15, -0.1) is 0 Å². The number of piperidine rings is 1. The molecule has 2 unspecified atom stereocenters. The summed E-state index contributed by atoms with van der Waals surface area (Å²) in [5.74, 6) is 1.01. The van der Waals surface area contributed by atoms with Gasteiger partial charge in [-0.05, 0) is 37.3 Å². The maximum atomic E-state index is 13.2. The first-order valence-corrected chi connectivity index (χ1v) is 11.9. The highest BCUT2D eigenvalue weighted by Crippen LogP contribution is 2.34. The number of rotatable bonds is 5. The fourth-order valence-electron chi connectivity index (χ4n) is 5.54. The topological polar surface area (TPSA) is 85.1 Å². The van der Waals surface area contributed by atoms with Crippen LogP contribution < -0.4 is 10.9 Å². The van der Waals surface area contributed by atoms with Gasteiger partial charge in [-0.2, -0.15) is 5.10 Å². The summed E-state index contributed by atoms with van der Waals surface area (Å²) in [6.07, 6.45) is 1.14. The molecule has 2 bridgehead atoms. The van der Waals surface area contributed by atoms with Crippen LogP contribution in [0, 0.1) is 12.8 Å². The van der Waals surface area contributed by atoms with E-state index in [2.05, 4.69) is 35.2 Å². The van der Waals surface area contributed by atoms with Gasteiger partial charge in [0.25, 0.3) is 11.5 Å². The number of carbonyl (C=O) groups is 1. The number of pyridine rings is 2. The van der Waals surface area contributed by atoms with E-state index >= 15 is 0 Å². The Labute approximate surface area is 193 Å². The highest BCUT2D eigenvalue weighted by atomic mass is 16.1. The SMILES string of the molecule is Cc1nn(C)c2nc(C(C)C)cc(C(=O)NCCN3CC4CC(C3)c3cccc(=O)n3C4)c12. The second-order valence-corrected chi connectivity index (χ2v) is 9.87. The molecule has 1 saturated heterocycles. The van der Waals surface area contributed by atoms with Crippen LogP contribution in [0.15, 0.2) is 29.1 Å². The van der Waals surface area contributed by atoms with Gasteiger partial charge in [-0.3, -0.25) is 14.3 Å². The van der Waals surface area contributed by atoms with E-state index in [0.717, 1.165) is 60.7 Å². The Morgan fingerprint density at radius 1 is 1.24 bits per heavy atom. The number of carbonyl (C=O) groups excluding carboxylic acids is 1. The summed E-state index contributed by atoms with van der Waals surface area (Å²) in [5, 5.41) is 8.45. The molecule has 0 saturated carbocycles. The Balaban J connectivity index is 1.28. The molecule has 0 spiro atoms. The Morgan fingerprint density at radius 2 is 2.06 bits per heavy atom. The van der Waals surface area contributed by atoms with Gasteiger partial charge in [0.05, 0.1) is 16.6 Å². The van der Waals surface area contributed by atoms with Gasteiger partial charge in [0.1, 0.15) is 0 Å². The molecule has 33 heavy (non-hydrogen) atoms. The normalized spacial score (nSPS) is 20.3. The van der Waals surface area contributed by atoms with Gasteiger partial charge >= 0.3 is 0 Å². The molecule has 2 aliphatic rings. The van der Waals surface area contributed by atoms with Crippen molar-refractivity contribution in [3.05, 3.63) is 57.3 Å². The van der Waals surface area contributed by atoms with Crippen molar-refractivity contribution in [2.45, 2.75) is 45.6 Å². The predicted octanol–water partition coefficient (Wildman–Crippen LogP) is 2.41. The molecule has 174 valence electrons. The Kier molecular flexibility index (Phi) is 5.56. The minimum Gasteiger partial charge on any atom is -0.351 e. The molecule has 2 aliphatic heterocycles. The van der Waals surface area contributed by atoms with E-state index in [1.165, 1.54) is 0 Å². The summed E-state index contributed by atoms with van der Waals surface area (Å²) in [7, 11) is 1.87. The van der Waals surface area contributed by atoms with Crippen LogP contribution in [0.5, 0.6) is 0 Å². The third-order valence-electron chi connectivity index (χ3n) is 7.09. The minimum absolute atomic E-state index is 0.0745. The average molecular weight is 449 g/mol. The van der Waals surface area contributed by atoms with Crippen molar-refractivity contribution in [2.75, 3.05) is 26.2 Å². The van der Waals surface area contributed by atoms with Crippen LogP contribution in [0.3, 0.4) is 0 Å². The number of likely N-dealkylation sites (tertiary alicyclic amines) is 1. The molecule has 8 nitrogen and oxygen atoms in total. The molecule has 0 aliphatic carbocycles. The molecule has 5 rings (SSSR count). The maximum Gasteiger partial charge on any atom is 0.252 e. The number of aryl methyl sites for hydroxylation is 2. The van der Waals surface area contributed by atoms with Crippen LogP contribution in [-0.4, -0.2) is 56.3 Å². The van der Waals surface area contributed by atoms with Gasteiger partial charge in [0.15, 0.2) is 5.65 Å². The van der Waals surface area contributed by atoms with Crippen molar-refractivity contribution in [3.63, 3.8) is 0 Å². The zero-order valence-electron chi connectivity index (χ0n) is 19.8. The van der Waals surface area contributed by atoms with Gasteiger partial charge in [0, 0.05) is 63.1 Å². The molecule has 1 N–H and O–H groups in total. The molecular formula is C25H32N6O2. The Bertz CT molecular complexity index is 1270. The van der Waals surface area contributed by atoms with E-state index < -0.39 is 0 Å². The summed E-state index contributed by atoms with van der Waals surface area (Å²) >= 11 is 0. The lowest BCUT2D eigenvalue weighted by Gasteiger charge is -2.42. The van der Waals surface area contributed by atoms with Gasteiger partial charge in [0.2, 0.25) is 0 Å². The fourth-order valence-corrected chi connectivity index (χ4v) is 5.54. The van der Waals surface area contributed by atoms with Crippen LogP contribution in [0.4, 0.5) is 0 Å². The van der Waals surface area contributed by atoms with E-state index in [9.17, 15) is 9.59 Å². The van der Waals surface area contributed by atoms with Crippen molar-refractivity contribution in [3.8, 4) is 0 Å². The van der Waals surface area contributed by atoms with Crippen LogP contribution in [-0.2, 0) is 13.6 Å². The van der Waals surface area contributed by atoms with Crippen molar-refractivity contribution in [1.29, 1.82) is 0 Å². The maximum absolute atomic E-state index is 13.2. The summed E-state index contributed by atoms with van der Waals surface area (Å²) in [4.78, 5) is 32.6. The van der Waals surface area contributed by atoms with Crippen LogP contribution in [0.2, 0.25) is 0 Å². The fraction of sp³-hybridized carbons (Fsp3) is 0.520. The lowest BCUT2D eigenvalue weighted by Crippen LogP contribution is -2.48. The molecule has 8 heteroatoms. The number of amides is 1. The summed E-state index contributed by atoms with van der Waals surface area (Å²) < 4.78 is 3.71. The van der Waals surface area contributed by atoms with Crippen LogP contribution in [0.25, 0.3) is 11.0 Å². The monoisotopic (exact) mass is 448 g/mol. The zero-order chi connectivity index (χ0) is 23.3. The number of aromatic nitrogens is 4. The number of nitrogens with zero attached hydrogens (tertiary/aromatic N) is 5. The Hall–Kier alpha value is -3.00. The first-order valence-electron chi connectivity index (χ1n) is 11.9. The minimum atomic E-state index is -0.0745. The average Bonchev–Trinajstić information content (AvgIpc) is 3.07. The van der Waals surface area contributed by atoms with Crippen LogP contribution in [0.1, 0.15) is 59.5 Å². The molecule has 0 aromatic carbocycles. The Morgan fingerprint density at radius 3 is 2.85 bits per heavy atom. The van der Waals surface area contributed by atoms with Gasteiger partial charge < -0.3 is 14.8 Å². The van der Waals surface area contributed by atoms with Crippen molar-refractivity contribution < 1.29 is 4.79 Å². The molecule has 0 radical (unpaired) electrons. The quantitative estimate of drug-likeness (QED) is 0.648. The molecule has 3 aromatic heterocycles. The summed E-state index contributed by atoms with van der Waals surface area (Å²) in [6.45, 7) is 10.2. The molecule has 1 amide bonds. The van der Waals surface area contributed by atoms with Crippen LogP contribution >= 0.6 is 0 Å². The number of fused-ring (bicyclic) bond motifs is 5. The number of nitrogens with one attached hydrogen (secondary N) is 1. The first kappa shape index (κ1) is 21.8. The number of hydrogen-bond acceptors (Lipinski definition) is 5. The molecule has 2 atom stereocenters. The second kappa shape index (κ2) is 8.41. The third-order valence-corrected chi connectivity index (χ3v) is 7.09. The molecular weight excluding hydrogens is 416 g/mol. The number of hydrogen-bond donors (Lipinski definition) is 1. The molecule has 3 aromatic rings. The summed E-state index contributed by atoms with van der Waals surface area (Å²) in [5.41, 5.74) is 4.38. The van der Waals surface area contributed by atoms with E-state index in [1.807, 2.05) is 30.7 Å². The summed E-state index contributed by atoms with van der Waals surface area (Å²) in [6, 6.07) is 7.53.